The summed E-state index contributed by atoms with van der Waals surface area (Å²) >= 11 is 15.5. The van der Waals surface area contributed by atoms with Crippen molar-refractivity contribution < 1.29 is 53.3 Å². The van der Waals surface area contributed by atoms with Gasteiger partial charge in [-0.15, -0.1) is 23.2 Å². The molecule has 1 unspecified atom stereocenters. The van der Waals surface area contributed by atoms with Crippen LogP contribution in [0.25, 0.3) is 0 Å². The highest BCUT2D eigenvalue weighted by molar-refractivity contribution is 9.10. The summed E-state index contributed by atoms with van der Waals surface area (Å²) in [4.78, 5) is 28.1. The smallest absolute Gasteiger partial charge is 0.435 e. The molecule has 7 N–H and O–H groups in total. The third kappa shape index (κ3) is 7.93. The molecule has 0 saturated carbocycles. The number of methoxy groups -OCH3 is 1. The molecule has 1 saturated heterocycles. The minimum absolute atomic E-state index is 0.0115. The van der Waals surface area contributed by atoms with Crippen LogP contribution in [-0.4, -0.2) is 104 Å². The molecule has 1 fully saturated rings. The molecule has 3 aliphatic rings. The molecule has 3 aromatic carbocycles. The lowest BCUT2D eigenvalue weighted by atomic mass is 9.72. The van der Waals surface area contributed by atoms with Gasteiger partial charge in [0, 0.05) is 71.3 Å². The van der Waals surface area contributed by atoms with Gasteiger partial charge in [0.2, 0.25) is 5.78 Å². The van der Waals surface area contributed by atoms with Crippen molar-refractivity contribution in [3.63, 3.8) is 0 Å². The lowest BCUT2D eigenvalue weighted by molar-refractivity contribution is -0.245. The fraction of sp³-hybridized carbons (Fsp3) is 0.432. The summed E-state index contributed by atoms with van der Waals surface area (Å²) in [6.07, 6.45) is -4.92. The van der Waals surface area contributed by atoms with E-state index in [2.05, 4.69) is 26.2 Å². The second-order valence-electron chi connectivity index (χ2n) is 13.8. The normalized spacial score (nSPS) is 25.9. The summed E-state index contributed by atoms with van der Waals surface area (Å²) in [6.45, 7) is 3.24. The number of aromatic hydroxyl groups is 2. The van der Waals surface area contributed by atoms with Crippen LogP contribution in [0.3, 0.4) is 0 Å². The van der Waals surface area contributed by atoms with Crippen molar-refractivity contribution in [3.05, 3.63) is 80.3 Å². The number of aliphatic hydroxyl groups is 2. The maximum Gasteiger partial charge on any atom is 0.435 e. The Labute approximate surface area is 341 Å². The highest BCUT2D eigenvalue weighted by atomic mass is 79.9. The number of alkyl halides is 2. The number of hydrogen-bond acceptors (Lipinski definition) is 13. The van der Waals surface area contributed by atoms with Crippen LogP contribution in [0.15, 0.2) is 52.0 Å². The van der Waals surface area contributed by atoms with Gasteiger partial charge in [-0.3, -0.25) is 9.59 Å². The number of nitrogens with two attached hydrogens (primary N) is 1. The van der Waals surface area contributed by atoms with Gasteiger partial charge in [-0.25, -0.2) is 14.4 Å². The molecule has 1 aliphatic heterocycles. The van der Waals surface area contributed by atoms with E-state index in [1.54, 1.807) is 31.2 Å². The summed E-state index contributed by atoms with van der Waals surface area (Å²) in [5, 5.41) is 53.7. The van der Waals surface area contributed by atoms with E-state index in [0.29, 0.717) is 0 Å². The number of hydrazone groups is 1. The predicted molar refractivity (Wildman–Crippen MR) is 211 cm³/mol. The topological polar surface area (TPSA) is 223 Å². The van der Waals surface area contributed by atoms with Crippen LogP contribution < -0.4 is 20.2 Å². The SMILES string of the molecule is COc1cccc2c1C(=O)c1c(O)c3c(c(O)c1C2=O)C[C@@](O)(C(C)=NNP(=O)(Oc1ccc(Br)cc1)N(CCCl)CCCl)C[C@@H]3O[C@H]1C[C@H](N)[C@H](O)[C@H](C)O1. The minimum atomic E-state index is -4.12. The number of benzene rings is 3. The molecule has 1 heterocycles. The van der Waals surface area contributed by atoms with Gasteiger partial charge in [-0.05, 0) is 44.2 Å². The highest BCUT2D eigenvalue weighted by Crippen LogP contribution is 2.53. The molecule has 56 heavy (non-hydrogen) atoms. The first kappa shape index (κ1) is 42.3. The second kappa shape index (κ2) is 16.9. The standard InChI is InChI=1S/C37H42BrCl2N4O11P/c1-18-32(45)24(41)15-27(53-18)54-26-17-37(50,19(2)42-43-56(51,44(13-11-39)14-12-40)55-21-9-7-20(38)8-10-21)16-23-29(26)36(49)31-30(34(23)47)33(46)22-5-4-6-25(52-3)28(22)35(31)48/h4-10,18,24,26-27,32,45,47,49-50H,11-17,41H2,1-3H3,(H,43,51)/t18-,24-,26-,27-,32+,37-,56?/m0/s1. The van der Waals surface area contributed by atoms with E-state index in [9.17, 15) is 34.6 Å². The highest BCUT2D eigenvalue weighted by Gasteiger charge is 2.49. The van der Waals surface area contributed by atoms with Crippen molar-refractivity contribution in [3.8, 4) is 23.0 Å². The molecular weight excluding hydrogens is 858 g/mol. The average molecular weight is 901 g/mol. The van der Waals surface area contributed by atoms with E-state index in [-0.39, 0.29) is 77.2 Å². The second-order valence-corrected chi connectivity index (χ2v) is 17.4. The fourth-order valence-electron chi connectivity index (χ4n) is 7.26. The van der Waals surface area contributed by atoms with Crippen LogP contribution >= 0.6 is 46.8 Å². The Morgan fingerprint density at radius 1 is 1.09 bits per heavy atom. The molecule has 15 nitrogen and oxygen atoms in total. The number of aliphatic hydroxyl groups excluding tert-OH is 1. The van der Waals surface area contributed by atoms with Crippen LogP contribution in [0.2, 0.25) is 0 Å². The number of carbonyl (C=O) groups is 2. The van der Waals surface area contributed by atoms with E-state index in [1.807, 2.05) is 0 Å². The third-order valence-corrected chi connectivity index (χ3v) is 13.1. The molecule has 2 aliphatic carbocycles. The molecule has 0 aromatic heterocycles. The third-order valence-electron chi connectivity index (χ3n) is 10.3. The van der Waals surface area contributed by atoms with Crippen molar-refractivity contribution in [2.45, 2.75) is 69.4 Å². The zero-order valence-electron chi connectivity index (χ0n) is 30.6. The number of rotatable bonds is 13. The predicted octanol–water partition coefficient (Wildman–Crippen LogP) is 5.13. The Morgan fingerprint density at radius 3 is 2.38 bits per heavy atom. The van der Waals surface area contributed by atoms with Gasteiger partial charge >= 0.3 is 7.67 Å². The molecule has 6 rings (SSSR count). The van der Waals surface area contributed by atoms with Crippen molar-refractivity contribution in [1.82, 2.24) is 9.87 Å². The van der Waals surface area contributed by atoms with Gasteiger partial charge in [-0.1, -0.05) is 28.1 Å². The van der Waals surface area contributed by atoms with Gasteiger partial charge in [0.15, 0.2) is 12.1 Å². The van der Waals surface area contributed by atoms with Crippen LogP contribution in [0.4, 0.5) is 0 Å². The Balaban J connectivity index is 1.45. The molecule has 19 heteroatoms. The number of nitrogens with zero attached hydrogens (tertiary/aromatic N) is 2. The van der Waals surface area contributed by atoms with E-state index in [4.69, 9.17) is 47.7 Å². The van der Waals surface area contributed by atoms with Crippen LogP contribution in [0.1, 0.15) is 75.8 Å². The van der Waals surface area contributed by atoms with Gasteiger partial charge in [-0.2, -0.15) is 5.10 Å². The number of hydrogen-bond donors (Lipinski definition) is 6. The van der Waals surface area contributed by atoms with Gasteiger partial charge in [0.25, 0.3) is 0 Å². The maximum atomic E-state index is 14.6. The van der Waals surface area contributed by atoms with Crippen molar-refractivity contribution in [2.24, 2.45) is 10.8 Å². The summed E-state index contributed by atoms with van der Waals surface area (Å²) in [5.41, 5.74) is 2.91. The van der Waals surface area contributed by atoms with Gasteiger partial charge in [0.1, 0.15) is 28.6 Å². The number of halogens is 3. The van der Waals surface area contributed by atoms with Crippen molar-refractivity contribution in [1.29, 1.82) is 0 Å². The van der Waals surface area contributed by atoms with Crippen molar-refractivity contribution in [2.75, 3.05) is 32.0 Å². The Bertz CT molecular complexity index is 2080. The fourth-order valence-corrected chi connectivity index (χ4v) is 9.86. The largest absolute Gasteiger partial charge is 0.507 e. The first-order valence-electron chi connectivity index (χ1n) is 17.7. The summed E-state index contributed by atoms with van der Waals surface area (Å²) in [5.74, 6) is -2.34. The van der Waals surface area contributed by atoms with Gasteiger partial charge in [0.05, 0.1) is 47.8 Å². The van der Waals surface area contributed by atoms with Gasteiger partial charge < -0.3 is 44.9 Å². The van der Waals surface area contributed by atoms with Crippen LogP contribution in [-0.2, 0) is 20.5 Å². The number of nitrogens with one attached hydrogen (secondary N) is 1. The number of carbonyl (C=O) groups excluding carboxylic acids is 2. The van der Waals surface area contributed by atoms with E-state index >= 15 is 0 Å². The number of fused-ring (bicyclic) bond motifs is 3. The van der Waals surface area contributed by atoms with E-state index in [1.165, 1.54) is 36.9 Å². The maximum absolute atomic E-state index is 14.6. The summed E-state index contributed by atoms with van der Waals surface area (Å²) in [7, 11) is -2.78. The number of ether oxygens (including phenoxy) is 3. The van der Waals surface area contributed by atoms with Crippen LogP contribution in [0, 0.1) is 0 Å². The number of phenolic OH excluding ortho intramolecular Hbond substituents is 2. The Kier molecular flexibility index (Phi) is 12.8. The lowest BCUT2D eigenvalue weighted by Gasteiger charge is -2.43. The Morgan fingerprint density at radius 2 is 1.75 bits per heavy atom. The zero-order valence-corrected chi connectivity index (χ0v) is 34.6. The van der Waals surface area contributed by atoms with Crippen LogP contribution in [0.5, 0.6) is 23.0 Å². The molecular formula is C37H42BrCl2N4O11P. The average Bonchev–Trinajstić information content (AvgIpc) is 3.16. The molecule has 0 amide bonds. The molecule has 302 valence electrons. The molecule has 7 atom stereocenters. The monoisotopic (exact) mass is 898 g/mol. The first-order chi connectivity index (χ1) is 26.6. The summed E-state index contributed by atoms with van der Waals surface area (Å²) in [6, 6.07) is 10.3. The molecule has 0 radical (unpaired) electrons. The van der Waals surface area contributed by atoms with E-state index in [0.717, 1.165) is 4.47 Å². The molecule has 0 spiro atoms. The first-order valence-corrected chi connectivity index (χ1v) is 21.1. The number of phenols is 2. The summed E-state index contributed by atoms with van der Waals surface area (Å²) < 4.78 is 40.4. The molecule has 0 bridgehead atoms. The quantitative estimate of drug-likeness (QED) is 0.0337. The van der Waals surface area contributed by atoms with Crippen molar-refractivity contribution >= 4 is 64.1 Å². The lowest BCUT2D eigenvalue weighted by Crippen LogP contribution is -2.52. The minimum Gasteiger partial charge on any atom is -0.507 e. The number of ketones is 2. The zero-order chi connectivity index (χ0) is 40.7. The molecule has 3 aromatic rings. The van der Waals surface area contributed by atoms with E-state index < -0.39 is 84.5 Å². The Hall–Kier alpha value is -3.28.